The summed E-state index contributed by atoms with van der Waals surface area (Å²) in [4.78, 5) is 15.9. The highest BCUT2D eigenvalue weighted by molar-refractivity contribution is 6.30. The lowest BCUT2D eigenvalue weighted by molar-refractivity contribution is 0.318. The van der Waals surface area contributed by atoms with Crippen molar-refractivity contribution in [1.29, 1.82) is 0 Å². The fourth-order valence-electron chi connectivity index (χ4n) is 4.89. The summed E-state index contributed by atoms with van der Waals surface area (Å²) >= 11 is 6.09. The predicted octanol–water partition coefficient (Wildman–Crippen LogP) is 5.36. The molecule has 4 heterocycles. The minimum absolute atomic E-state index is 0.147. The second kappa shape index (κ2) is 8.91. The van der Waals surface area contributed by atoms with E-state index in [2.05, 4.69) is 10.00 Å². The molecule has 7 nitrogen and oxygen atoms in total. The Labute approximate surface area is 207 Å². The molecule has 1 aliphatic rings. The van der Waals surface area contributed by atoms with E-state index < -0.39 is 0 Å². The Balaban J connectivity index is 1.34. The highest BCUT2D eigenvalue weighted by Gasteiger charge is 2.16. The van der Waals surface area contributed by atoms with E-state index in [9.17, 15) is 4.79 Å². The third-order valence-electron chi connectivity index (χ3n) is 6.74. The van der Waals surface area contributed by atoms with E-state index in [0.29, 0.717) is 27.5 Å². The Bertz CT molecular complexity index is 1590. The average Bonchev–Trinajstić information content (AvgIpc) is 3.62. The van der Waals surface area contributed by atoms with Gasteiger partial charge in [-0.15, -0.1) is 0 Å². The molecule has 178 valence electrons. The monoisotopic (exact) mass is 488 g/mol. The fourth-order valence-corrected chi connectivity index (χ4v) is 5.05. The van der Waals surface area contributed by atoms with Gasteiger partial charge < -0.3 is 14.1 Å². The van der Waals surface area contributed by atoms with Crippen LogP contribution in [0.25, 0.3) is 38.9 Å². The van der Waals surface area contributed by atoms with Crippen LogP contribution in [-0.4, -0.2) is 46.0 Å². The number of nitrogens with zero attached hydrogens (tertiary/aromatic N) is 4. The first-order chi connectivity index (χ1) is 17.1. The van der Waals surface area contributed by atoms with Crippen molar-refractivity contribution in [2.24, 2.45) is 0 Å². The maximum Gasteiger partial charge on any atom is 0.266 e. The number of fused-ring (bicyclic) bond motifs is 2. The van der Waals surface area contributed by atoms with Crippen molar-refractivity contribution >= 4 is 33.5 Å². The largest absolute Gasteiger partial charge is 0.496 e. The number of pyridine rings is 1. The molecule has 5 aromatic rings. The van der Waals surface area contributed by atoms with Crippen LogP contribution in [0.4, 0.5) is 0 Å². The number of rotatable bonds is 6. The zero-order chi connectivity index (χ0) is 23.9. The molecule has 0 saturated carbocycles. The Hall–Kier alpha value is -3.55. The minimum Gasteiger partial charge on any atom is -0.496 e. The van der Waals surface area contributed by atoms with Gasteiger partial charge in [0.15, 0.2) is 0 Å². The molecule has 8 heteroatoms. The summed E-state index contributed by atoms with van der Waals surface area (Å²) in [7, 11) is 1.58. The van der Waals surface area contributed by atoms with Crippen LogP contribution in [0.1, 0.15) is 12.8 Å². The zero-order valence-corrected chi connectivity index (χ0v) is 20.2. The molecule has 0 radical (unpaired) electrons. The summed E-state index contributed by atoms with van der Waals surface area (Å²) in [5.41, 5.74) is 2.97. The van der Waals surface area contributed by atoms with Gasteiger partial charge in [0.1, 0.15) is 17.1 Å². The number of furan rings is 1. The van der Waals surface area contributed by atoms with Gasteiger partial charge in [-0.2, -0.15) is 5.10 Å². The van der Waals surface area contributed by atoms with Gasteiger partial charge >= 0.3 is 0 Å². The van der Waals surface area contributed by atoms with Gasteiger partial charge in [0.2, 0.25) is 0 Å². The number of hydrogen-bond donors (Lipinski definition) is 0. The molecule has 3 aromatic heterocycles. The van der Waals surface area contributed by atoms with Crippen molar-refractivity contribution in [2.45, 2.75) is 19.4 Å². The number of halogens is 1. The van der Waals surface area contributed by atoms with Crippen LogP contribution in [0.5, 0.6) is 5.75 Å². The molecule has 1 fully saturated rings. The maximum atomic E-state index is 13.4. The number of methoxy groups -OCH3 is 1. The van der Waals surface area contributed by atoms with E-state index in [1.807, 2.05) is 41.2 Å². The second-order valence-corrected chi connectivity index (χ2v) is 9.32. The Morgan fingerprint density at radius 1 is 1.06 bits per heavy atom. The minimum atomic E-state index is -0.147. The molecular formula is C27H25ClN4O3. The first-order valence-corrected chi connectivity index (χ1v) is 12.2. The number of aromatic nitrogens is 3. The number of hydrogen-bond acceptors (Lipinski definition) is 5. The molecule has 0 N–H and O–H groups in total. The zero-order valence-electron chi connectivity index (χ0n) is 19.4. The van der Waals surface area contributed by atoms with E-state index in [-0.39, 0.29) is 5.56 Å². The van der Waals surface area contributed by atoms with Gasteiger partial charge in [-0.25, -0.2) is 0 Å². The van der Waals surface area contributed by atoms with Crippen molar-refractivity contribution in [3.05, 3.63) is 76.3 Å². The van der Waals surface area contributed by atoms with Gasteiger partial charge in [0, 0.05) is 28.8 Å². The molecule has 0 atom stereocenters. The van der Waals surface area contributed by atoms with Crippen LogP contribution in [0.2, 0.25) is 5.02 Å². The van der Waals surface area contributed by atoms with Gasteiger partial charge in [0.25, 0.3) is 5.56 Å². The molecule has 0 spiro atoms. The number of ether oxygens (including phenoxy) is 1. The predicted molar refractivity (Wildman–Crippen MR) is 138 cm³/mol. The highest BCUT2D eigenvalue weighted by Crippen LogP contribution is 2.35. The van der Waals surface area contributed by atoms with E-state index in [1.165, 1.54) is 25.9 Å². The van der Waals surface area contributed by atoms with Crippen LogP contribution >= 0.6 is 11.6 Å². The van der Waals surface area contributed by atoms with Crippen molar-refractivity contribution in [3.63, 3.8) is 0 Å². The Kier molecular flexibility index (Phi) is 5.59. The summed E-state index contributed by atoms with van der Waals surface area (Å²) in [6.45, 7) is 4.22. The van der Waals surface area contributed by atoms with E-state index in [0.717, 1.165) is 35.2 Å². The number of likely N-dealkylation sites (tertiary alicyclic amines) is 1. The lowest BCUT2D eigenvalue weighted by Gasteiger charge is -2.14. The summed E-state index contributed by atoms with van der Waals surface area (Å²) in [5.74, 6) is 1.14. The van der Waals surface area contributed by atoms with Crippen LogP contribution in [0.15, 0.2) is 70.1 Å². The van der Waals surface area contributed by atoms with Crippen molar-refractivity contribution in [2.75, 3.05) is 26.7 Å². The topological polar surface area (TPSA) is 65.4 Å². The van der Waals surface area contributed by atoms with E-state index in [1.54, 1.807) is 36.1 Å². The van der Waals surface area contributed by atoms with E-state index in [4.69, 9.17) is 20.8 Å². The first kappa shape index (κ1) is 21.9. The average molecular weight is 489 g/mol. The molecule has 35 heavy (non-hydrogen) atoms. The van der Waals surface area contributed by atoms with Crippen LogP contribution in [-0.2, 0) is 6.54 Å². The first-order valence-electron chi connectivity index (χ1n) is 11.8. The van der Waals surface area contributed by atoms with Gasteiger partial charge in [-0.3, -0.25) is 14.0 Å². The molecule has 6 rings (SSSR count). The molecule has 0 amide bonds. The summed E-state index contributed by atoms with van der Waals surface area (Å²) in [6.07, 6.45) is 6.19. The maximum absolute atomic E-state index is 13.4. The molecule has 1 saturated heterocycles. The lowest BCUT2D eigenvalue weighted by Crippen LogP contribution is -2.24. The third kappa shape index (κ3) is 4.00. The summed E-state index contributed by atoms with van der Waals surface area (Å²) in [5, 5.41) is 6.67. The van der Waals surface area contributed by atoms with Crippen molar-refractivity contribution in [3.8, 4) is 22.8 Å². The highest BCUT2D eigenvalue weighted by atomic mass is 35.5. The number of benzene rings is 2. The molecule has 0 bridgehead atoms. The SMILES string of the molecule is COc1cc(Cl)ccc1-c1cc2c(=O)n(-c3ccc4c(cnn4CCN4CCCC4)c3)ccc2o1. The van der Waals surface area contributed by atoms with Crippen molar-refractivity contribution in [1.82, 2.24) is 19.2 Å². The quantitative estimate of drug-likeness (QED) is 0.322. The smallest absolute Gasteiger partial charge is 0.266 e. The Morgan fingerprint density at radius 2 is 1.91 bits per heavy atom. The van der Waals surface area contributed by atoms with Crippen LogP contribution in [0, 0.1) is 0 Å². The second-order valence-electron chi connectivity index (χ2n) is 8.88. The third-order valence-corrected chi connectivity index (χ3v) is 6.98. The van der Waals surface area contributed by atoms with Gasteiger partial charge in [-0.05, 0) is 74.5 Å². The van der Waals surface area contributed by atoms with Crippen molar-refractivity contribution < 1.29 is 9.15 Å². The lowest BCUT2D eigenvalue weighted by atomic mass is 10.1. The standard InChI is InChI=1S/C27H25ClN4O3/c1-34-25-15-19(28)4-6-21(25)26-16-22-24(35-26)8-11-31(27(22)33)20-5-7-23-18(14-20)17-29-32(23)13-12-30-9-2-3-10-30/h4-8,11,14-17H,2-3,9-10,12-13H2,1H3. The Morgan fingerprint density at radius 3 is 2.74 bits per heavy atom. The van der Waals surface area contributed by atoms with E-state index >= 15 is 0 Å². The van der Waals surface area contributed by atoms with Crippen LogP contribution in [0.3, 0.4) is 0 Å². The van der Waals surface area contributed by atoms with Gasteiger partial charge in [-0.1, -0.05) is 11.6 Å². The molecular weight excluding hydrogens is 464 g/mol. The molecule has 1 aliphatic heterocycles. The summed E-state index contributed by atoms with van der Waals surface area (Å²) in [6, 6.07) is 14.9. The molecule has 0 aliphatic carbocycles. The normalized spacial score (nSPS) is 14.3. The fraction of sp³-hybridized carbons (Fsp3) is 0.259. The molecule has 0 unspecified atom stereocenters. The van der Waals surface area contributed by atoms with Gasteiger partial charge in [0.05, 0.1) is 36.3 Å². The summed E-state index contributed by atoms with van der Waals surface area (Å²) < 4.78 is 15.1. The van der Waals surface area contributed by atoms with Crippen LogP contribution < -0.4 is 10.3 Å². The molecule has 2 aromatic carbocycles.